The second-order valence-electron chi connectivity index (χ2n) is 5.60. The molecule has 0 spiro atoms. The molecule has 1 aliphatic rings. The smallest absolute Gasteiger partial charge is 0.272 e. The minimum absolute atomic E-state index is 0.0281. The van der Waals surface area contributed by atoms with E-state index in [0.717, 1.165) is 44.3 Å². The van der Waals surface area contributed by atoms with Crippen LogP contribution in [0.5, 0.6) is 0 Å². The molecule has 5 nitrogen and oxygen atoms in total. The van der Waals surface area contributed by atoms with Crippen LogP contribution in [0.15, 0.2) is 16.2 Å². The van der Waals surface area contributed by atoms with Crippen molar-refractivity contribution in [3.05, 3.63) is 26.6 Å². The van der Waals surface area contributed by atoms with E-state index in [1.807, 2.05) is 16.3 Å². The topological polar surface area (TPSA) is 58.1 Å². The SMILES string of the molecule is O=C(CCCCn1c(=S)[nH]c2ccsc2c1=O)N1CCCC1. The van der Waals surface area contributed by atoms with Crippen molar-refractivity contribution in [1.82, 2.24) is 14.5 Å². The molecule has 22 heavy (non-hydrogen) atoms. The van der Waals surface area contributed by atoms with Gasteiger partial charge in [-0.1, -0.05) is 0 Å². The van der Waals surface area contributed by atoms with Gasteiger partial charge in [0, 0.05) is 26.1 Å². The first-order valence-corrected chi connectivity index (χ1v) is 8.94. The number of rotatable bonds is 5. The van der Waals surface area contributed by atoms with Crippen molar-refractivity contribution < 1.29 is 4.79 Å². The summed E-state index contributed by atoms with van der Waals surface area (Å²) in [5.74, 6) is 0.240. The largest absolute Gasteiger partial charge is 0.343 e. The van der Waals surface area contributed by atoms with Crippen LogP contribution in [0.25, 0.3) is 10.2 Å². The minimum Gasteiger partial charge on any atom is -0.343 e. The van der Waals surface area contributed by atoms with Crippen molar-refractivity contribution in [3.8, 4) is 0 Å². The van der Waals surface area contributed by atoms with E-state index in [1.54, 1.807) is 4.57 Å². The number of H-pyrrole nitrogens is 1. The van der Waals surface area contributed by atoms with Crippen molar-refractivity contribution in [2.75, 3.05) is 13.1 Å². The molecule has 1 amide bonds. The molecule has 2 aromatic heterocycles. The fraction of sp³-hybridized carbons (Fsp3) is 0.533. The summed E-state index contributed by atoms with van der Waals surface area (Å²) in [5.41, 5.74) is 0.778. The van der Waals surface area contributed by atoms with Gasteiger partial charge in [-0.15, -0.1) is 11.3 Å². The molecule has 7 heteroatoms. The highest BCUT2D eigenvalue weighted by Crippen LogP contribution is 2.14. The number of nitrogens with one attached hydrogen (secondary N) is 1. The highest BCUT2D eigenvalue weighted by Gasteiger charge is 2.17. The van der Waals surface area contributed by atoms with Gasteiger partial charge in [0.15, 0.2) is 4.77 Å². The van der Waals surface area contributed by atoms with Gasteiger partial charge in [-0.25, -0.2) is 0 Å². The third kappa shape index (κ3) is 3.15. The number of carbonyl (C=O) groups excluding carboxylic acids is 1. The molecule has 0 aromatic carbocycles. The Morgan fingerprint density at radius 3 is 2.86 bits per heavy atom. The van der Waals surface area contributed by atoms with Gasteiger partial charge in [0.2, 0.25) is 5.91 Å². The number of hydrogen-bond acceptors (Lipinski definition) is 4. The van der Waals surface area contributed by atoms with E-state index < -0.39 is 0 Å². The normalized spacial score (nSPS) is 14.8. The lowest BCUT2D eigenvalue weighted by atomic mass is 10.2. The Balaban J connectivity index is 1.58. The Labute approximate surface area is 137 Å². The summed E-state index contributed by atoms with van der Waals surface area (Å²) in [7, 11) is 0. The minimum atomic E-state index is -0.0281. The quantitative estimate of drug-likeness (QED) is 0.674. The van der Waals surface area contributed by atoms with Crippen LogP contribution in [0.3, 0.4) is 0 Å². The standard InChI is InChI=1S/C15H19N3O2S2/c19-12(17-7-3-4-8-17)5-1-2-9-18-14(20)13-11(6-10-22-13)16-15(18)21/h6,10H,1-5,7-9H2,(H,16,21). The fourth-order valence-electron chi connectivity index (χ4n) is 2.84. The molecule has 1 saturated heterocycles. The van der Waals surface area contributed by atoms with Crippen LogP contribution in [0.4, 0.5) is 0 Å². The van der Waals surface area contributed by atoms with Gasteiger partial charge in [0.25, 0.3) is 5.56 Å². The van der Waals surface area contributed by atoms with Crippen LogP contribution in [-0.2, 0) is 11.3 Å². The predicted molar refractivity (Wildman–Crippen MR) is 90.9 cm³/mol. The number of nitrogens with zero attached hydrogens (tertiary/aromatic N) is 2. The maximum atomic E-state index is 12.4. The molecule has 2 aromatic rings. The summed E-state index contributed by atoms with van der Waals surface area (Å²) in [4.78, 5) is 29.3. The lowest BCUT2D eigenvalue weighted by Crippen LogP contribution is -2.27. The number of likely N-dealkylation sites (tertiary alicyclic amines) is 1. The van der Waals surface area contributed by atoms with Crippen LogP contribution in [-0.4, -0.2) is 33.4 Å². The Morgan fingerprint density at radius 1 is 1.32 bits per heavy atom. The number of fused-ring (bicyclic) bond motifs is 1. The summed E-state index contributed by atoms with van der Waals surface area (Å²) in [5, 5.41) is 1.89. The lowest BCUT2D eigenvalue weighted by molar-refractivity contribution is -0.130. The first kappa shape index (κ1) is 15.4. The second kappa shape index (κ2) is 6.75. The third-order valence-electron chi connectivity index (χ3n) is 4.07. The average Bonchev–Trinajstić information content (AvgIpc) is 3.16. The van der Waals surface area contributed by atoms with E-state index in [2.05, 4.69) is 4.98 Å². The number of hydrogen-bond donors (Lipinski definition) is 1. The number of carbonyl (C=O) groups is 1. The zero-order valence-electron chi connectivity index (χ0n) is 12.3. The molecule has 1 fully saturated rings. The van der Waals surface area contributed by atoms with Gasteiger partial charge < -0.3 is 9.88 Å². The first-order chi connectivity index (χ1) is 10.7. The van der Waals surface area contributed by atoms with Crippen LogP contribution in [0.1, 0.15) is 32.1 Å². The van der Waals surface area contributed by atoms with Crippen molar-refractivity contribution in [2.24, 2.45) is 0 Å². The maximum Gasteiger partial charge on any atom is 0.272 e. The van der Waals surface area contributed by atoms with E-state index in [-0.39, 0.29) is 11.5 Å². The first-order valence-electron chi connectivity index (χ1n) is 7.65. The number of thiophene rings is 1. The van der Waals surface area contributed by atoms with Crippen LogP contribution in [0.2, 0.25) is 0 Å². The molecule has 0 unspecified atom stereocenters. The maximum absolute atomic E-state index is 12.4. The molecule has 0 radical (unpaired) electrons. The van der Waals surface area contributed by atoms with E-state index in [4.69, 9.17) is 12.2 Å². The molecular weight excluding hydrogens is 318 g/mol. The van der Waals surface area contributed by atoms with Gasteiger partial charge in [0.1, 0.15) is 4.70 Å². The second-order valence-corrected chi connectivity index (χ2v) is 6.90. The summed E-state index contributed by atoms with van der Waals surface area (Å²) in [6.45, 7) is 2.37. The summed E-state index contributed by atoms with van der Waals surface area (Å²) in [6, 6.07) is 1.87. The van der Waals surface area contributed by atoms with Gasteiger partial charge in [0.05, 0.1) is 5.52 Å². The number of unbranched alkanes of at least 4 members (excludes halogenated alkanes) is 1. The van der Waals surface area contributed by atoms with Crippen molar-refractivity contribution >= 4 is 39.7 Å². The number of amides is 1. The van der Waals surface area contributed by atoms with E-state index in [9.17, 15) is 9.59 Å². The monoisotopic (exact) mass is 337 g/mol. The average molecular weight is 337 g/mol. The Hall–Kier alpha value is -1.47. The highest BCUT2D eigenvalue weighted by atomic mass is 32.1. The fourth-order valence-corrected chi connectivity index (χ4v) is 3.93. The molecule has 3 heterocycles. The number of aromatic amines is 1. The molecule has 3 rings (SSSR count). The Bertz CT molecular complexity index is 784. The Kier molecular flexibility index (Phi) is 4.73. The number of aromatic nitrogens is 2. The molecule has 0 atom stereocenters. The summed E-state index contributed by atoms with van der Waals surface area (Å²) < 4.78 is 2.78. The molecule has 0 bridgehead atoms. The van der Waals surface area contributed by atoms with Gasteiger partial charge >= 0.3 is 0 Å². The summed E-state index contributed by atoms with van der Waals surface area (Å²) >= 11 is 6.68. The molecule has 0 saturated carbocycles. The van der Waals surface area contributed by atoms with Crippen LogP contribution in [0, 0.1) is 4.77 Å². The van der Waals surface area contributed by atoms with E-state index in [1.165, 1.54) is 11.3 Å². The lowest BCUT2D eigenvalue weighted by Gasteiger charge is -2.14. The Morgan fingerprint density at radius 2 is 2.09 bits per heavy atom. The van der Waals surface area contributed by atoms with Crippen molar-refractivity contribution in [2.45, 2.75) is 38.6 Å². The molecule has 118 valence electrons. The third-order valence-corrected chi connectivity index (χ3v) is 5.30. The summed E-state index contributed by atoms with van der Waals surface area (Å²) in [6.07, 6.45) is 4.38. The van der Waals surface area contributed by atoms with E-state index >= 15 is 0 Å². The van der Waals surface area contributed by atoms with Gasteiger partial charge in [-0.05, 0) is 49.3 Å². The van der Waals surface area contributed by atoms with Crippen LogP contribution < -0.4 is 5.56 Å². The molecular formula is C15H19N3O2S2. The van der Waals surface area contributed by atoms with Crippen molar-refractivity contribution in [1.29, 1.82) is 0 Å². The molecule has 1 aliphatic heterocycles. The van der Waals surface area contributed by atoms with Gasteiger partial charge in [-0.3, -0.25) is 14.2 Å². The van der Waals surface area contributed by atoms with Crippen LogP contribution >= 0.6 is 23.6 Å². The van der Waals surface area contributed by atoms with Gasteiger partial charge in [-0.2, -0.15) is 0 Å². The van der Waals surface area contributed by atoms with E-state index in [0.29, 0.717) is 22.4 Å². The molecule has 1 N–H and O–H groups in total. The zero-order chi connectivity index (χ0) is 15.5. The molecule has 0 aliphatic carbocycles. The highest BCUT2D eigenvalue weighted by molar-refractivity contribution is 7.71. The van der Waals surface area contributed by atoms with Crippen molar-refractivity contribution in [3.63, 3.8) is 0 Å². The predicted octanol–water partition coefficient (Wildman–Crippen LogP) is 2.91. The zero-order valence-corrected chi connectivity index (χ0v) is 14.0.